The van der Waals surface area contributed by atoms with Crippen molar-refractivity contribution in [3.8, 4) is 11.5 Å². The maximum absolute atomic E-state index is 9.69. The van der Waals surface area contributed by atoms with Crippen LogP contribution in [0.15, 0.2) is 42.5 Å². The van der Waals surface area contributed by atoms with Gasteiger partial charge >= 0.3 is 0 Å². The molecule has 2 N–H and O–H groups in total. The predicted octanol–water partition coefficient (Wildman–Crippen LogP) is 3.98. The van der Waals surface area contributed by atoms with E-state index in [-0.39, 0.29) is 31.1 Å². The van der Waals surface area contributed by atoms with E-state index in [0.717, 1.165) is 20.4 Å². The highest BCUT2D eigenvalue weighted by atomic mass is 127. The second kappa shape index (κ2) is 11.4. The van der Waals surface area contributed by atoms with Crippen molar-refractivity contribution in [3.63, 3.8) is 0 Å². The smallest absolute Gasteiger partial charge is 0.132 e. The first-order valence-corrected chi connectivity index (χ1v) is 11.0. The Balaban J connectivity index is 2.08. The number of rotatable bonds is 11. The number of halogens is 2. The number of ether oxygens (including phenoxy) is 3. The molecule has 5 nitrogen and oxygen atoms in total. The third kappa shape index (κ3) is 7.00. The van der Waals surface area contributed by atoms with Gasteiger partial charge in [0.1, 0.15) is 36.9 Å². The molecule has 0 fully saturated rings. The highest BCUT2D eigenvalue weighted by Crippen LogP contribution is 2.35. The summed E-state index contributed by atoms with van der Waals surface area (Å²) in [6.45, 7) is 4.93. The quantitative estimate of drug-likeness (QED) is 0.337. The molecular formula is C22H28ClIO5. The van der Waals surface area contributed by atoms with Crippen LogP contribution < -0.4 is 9.47 Å². The van der Waals surface area contributed by atoms with E-state index in [4.69, 9.17) is 25.8 Å². The molecule has 0 amide bonds. The molecule has 0 saturated carbocycles. The molecule has 0 spiro atoms. The van der Waals surface area contributed by atoms with Crippen LogP contribution in [0.1, 0.15) is 25.0 Å². The van der Waals surface area contributed by atoms with Gasteiger partial charge in [0.15, 0.2) is 0 Å². The minimum absolute atomic E-state index is 0.146. The Kier molecular flexibility index (Phi) is 9.49. The van der Waals surface area contributed by atoms with E-state index in [9.17, 15) is 10.2 Å². The van der Waals surface area contributed by atoms with Gasteiger partial charge in [0.25, 0.3) is 0 Å². The Labute approximate surface area is 191 Å². The Morgan fingerprint density at radius 1 is 0.931 bits per heavy atom. The van der Waals surface area contributed by atoms with Crippen LogP contribution in [0.4, 0.5) is 0 Å². The molecule has 0 aliphatic rings. The Morgan fingerprint density at radius 2 is 1.55 bits per heavy atom. The zero-order chi connectivity index (χ0) is 21.4. The van der Waals surface area contributed by atoms with Gasteiger partial charge in [0, 0.05) is 12.5 Å². The predicted molar refractivity (Wildman–Crippen MR) is 123 cm³/mol. The van der Waals surface area contributed by atoms with Crippen molar-refractivity contribution in [1.29, 1.82) is 0 Å². The Morgan fingerprint density at radius 3 is 2.14 bits per heavy atom. The third-order valence-corrected chi connectivity index (χ3v) is 5.84. The van der Waals surface area contributed by atoms with Crippen LogP contribution in [0.5, 0.6) is 11.5 Å². The van der Waals surface area contributed by atoms with Crippen LogP contribution in [0.2, 0.25) is 0 Å². The fourth-order valence-electron chi connectivity index (χ4n) is 2.80. The summed E-state index contributed by atoms with van der Waals surface area (Å²) in [4.78, 5) is 0. The molecule has 0 aliphatic carbocycles. The topological polar surface area (TPSA) is 68.2 Å². The van der Waals surface area contributed by atoms with Crippen LogP contribution in [-0.4, -0.2) is 55.2 Å². The molecule has 0 radical (unpaired) electrons. The second-order valence-electron chi connectivity index (χ2n) is 7.33. The summed E-state index contributed by atoms with van der Waals surface area (Å²) >= 11 is 7.85. The monoisotopic (exact) mass is 534 g/mol. The molecule has 0 saturated heterocycles. The minimum atomic E-state index is -0.681. The second-order valence-corrected chi connectivity index (χ2v) is 8.80. The van der Waals surface area contributed by atoms with Crippen molar-refractivity contribution in [2.75, 3.05) is 32.8 Å². The number of hydrogen-bond donors (Lipinski definition) is 2. The first kappa shape index (κ1) is 24.2. The van der Waals surface area contributed by atoms with E-state index in [0.29, 0.717) is 5.75 Å². The molecule has 0 unspecified atom stereocenters. The highest BCUT2D eigenvalue weighted by Gasteiger charge is 2.24. The van der Waals surface area contributed by atoms with Crippen molar-refractivity contribution in [2.45, 2.75) is 31.5 Å². The van der Waals surface area contributed by atoms with Gasteiger partial charge in [-0.2, -0.15) is 0 Å². The van der Waals surface area contributed by atoms with Gasteiger partial charge in [-0.25, -0.2) is 0 Å². The summed E-state index contributed by atoms with van der Waals surface area (Å²) in [6, 6.07) is 13.9. The first-order chi connectivity index (χ1) is 13.8. The van der Waals surface area contributed by atoms with Crippen LogP contribution in [-0.2, 0) is 10.2 Å². The van der Waals surface area contributed by atoms with Gasteiger partial charge in [-0.1, -0.05) is 32.0 Å². The summed E-state index contributed by atoms with van der Waals surface area (Å²) < 4.78 is 17.1. The van der Waals surface area contributed by atoms with Crippen LogP contribution >= 0.6 is 34.2 Å². The number of aliphatic hydroxyl groups excluding tert-OH is 2. The molecule has 2 aromatic rings. The van der Waals surface area contributed by atoms with E-state index in [1.54, 1.807) is 7.11 Å². The number of methoxy groups -OCH3 is 1. The van der Waals surface area contributed by atoms with Crippen LogP contribution in [0, 0.1) is 3.57 Å². The average molecular weight is 535 g/mol. The fraction of sp³-hybridized carbons (Fsp3) is 0.455. The summed E-state index contributed by atoms with van der Waals surface area (Å²) in [5.74, 6) is 1.58. The van der Waals surface area contributed by atoms with Crippen LogP contribution in [0.3, 0.4) is 0 Å². The van der Waals surface area contributed by atoms with Crippen molar-refractivity contribution in [2.24, 2.45) is 0 Å². The van der Waals surface area contributed by atoms with Crippen molar-refractivity contribution in [1.82, 2.24) is 0 Å². The van der Waals surface area contributed by atoms with E-state index in [1.807, 2.05) is 36.4 Å². The standard InChI is InChI=1S/C22H28ClIO5/c1-22(2,15-4-7-19(8-5-15)28-14-18(26)12-27-3)16-6-9-21(20(24)10-16)29-13-17(25)11-23/h4-10,17-18,25-26H,11-14H2,1-3H3/t17-,18-/m0/s1. The molecule has 29 heavy (non-hydrogen) atoms. The van der Waals surface area contributed by atoms with E-state index < -0.39 is 12.2 Å². The van der Waals surface area contributed by atoms with Gasteiger partial charge in [0.2, 0.25) is 0 Å². The fourth-order valence-corrected chi connectivity index (χ4v) is 3.56. The average Bonchev–Trinajstić information content (AvgIpc) is 2.71. The number of alkyl halides is 1. The lowest BCUT2D eigenvalue weighted by Crippen LogP contribution is -2.23. The molecular weight excluding hydrogens is 507 g/mol. The van der Waals surface area contributed by atoms with Crippen molar-refractivity contribution in [3.05, 3.63) is 57.2 Å². The number of benzene rings is 2. The normalized spacial score (nSPS) is 13.8. The summed E-state index contributed by atoms with van der Waals surface area (Å²) in [5, 5.41) is 19.3. The highest BCUT2D eigenvalue weighted by molar-refractivity contribution is 14.1. The van der Waals surface area contributed by atoms with Gasteiger partial charge in [0.05, 0.1) is 16.1 Å². The Bertz CT molecular complexity index is 766. The molecule has 0 aliphatic heterocycles. The van der Waals surface area contributed by atoms with Gasteiger partial charge < -0.3 is 24.4 Å². The molecule has 7 heteroatoms. The Hall–Kier alpha value is -1.06. The van der Waals surface area contributed by atoms with E-state index >= 15 is 0 Å². The zero-order valence-electron chi connectivity index (χ0n) is 16.9. The zero-order valence-corrected chi connectivity index (χ0v) is 19.8. The summed E-state index contributed by atoms with van der Waals surface area (Å²) in [7, 11) is 1.54. The van der Waals surface area contributed by atoms with Gasteiger partial charge in [-0.3, -0.25) is 0 Å². The third-order valence-electron chi connectivity index (χ3n) is 4.64. The SMILES string of the molecule is COC[C@H](O)COc1ccc(C(C)(C)c2ccc(OC[C@@H](O)CCl)c(I)c2)cc1. The maximum Gasteiger partial charge on any atom is 0.132 e. The summed E-state index contributed by atoms with van der Waals surface area (Å²) in [6.07, 6.45) is -1.33. The van der Waals surface area contributed by atoms with Crippen molar-refractivity contribution < 1.29 is 24.4 Å². The van der Waals surface area contributed by atoms with E-state index in [2.05, 4.69) is 42.5 Å². The molecule has 160 valence electrons. The first-order valence-electron chi connectivity index (χ1n) is 9.35. The lowest BCUT2D eigenvalue weighted by atomic mass is 9.78. The molecule has 0 bridgehead atoms. The summed E-state index contributed by atoms with van der Waals surface area (Å²) in [5.41, 5.74) is 2.07. The molecule has 2 rings (SSSR count). The lowest BCUT2D eigenvalue weighted by molar-refractivity contribution is 0.0325. The number of aliphatic hydroxyl groups is 2. The van der Waals surface area contributed by atoms with Crippen LogP contribution in [0.25, 0.3) is 0 Å². The lowest BCUT2D eigenvalue weighted by Gasteiger charge is -2.27. The van der Waals surface area contributed by atoms with E-state index in [1.165, 1.54) is 0 Å². The molecule has 2 aromatic carbocycles. The minimum Gasteiger partial charge on any atom is -0.491 e. The van der Waals surface area contributed by atoms with Gasteiger partial charge in [-0.15, -0.1) is 11.6 Å². The number of hydrogen-bond acceptors (Lipinski definition) is 5. The van der Waals surface area contributed by atoms with Gasteiger partial charge in [-0.05, 0) is 58.0 Å². The molecule has 0 aromatic heterocycles. The molecule has 2 atom stereocenters. The maximum atomic E-state index is 9.69. The van der Waals surface area contributed by atoms with Crippen molar-refractivity contribution >= 4 is 34.2 Å². The largest absolute Gasteiger partial charge is 0.491 e. The molecule has 0 heterocycles.